The highest BCUT2D eigenvalue weighted by Gasteiger charge is 2.28. The molecule has 4 rings (SSSR count). The van der Waals surface area contributed by atoms with Gasteiger partial charge < -0.3 is 15.1 Å². The van der Waals surface area contributed by atoms with Gasteiger partial charge in [-0.1, -0.05) is 31.2 Å². The van der Waals surface area contributed by atoms with Crippen molar-refractivity contribution in [3.8, 4) is 0 Å². The summed E-state index contributed by atoms with van der Waals surface area (Å²) in [5.41, 5.74) is 2.47. The van der Waals surface area contributed by atoms with Gasteiger partial charge >= 0.3 is 0 Å². The van der Waals surface area contributed by atoms with Gasteiger partial charge in [-0.05, 0) is 68.7 Å². The second-order valence-electron chi connectivity index (χ2n) is 8.91. The average molecular weight is 422 g/mol. The van der Waals surface area contributed by atoms with Crippen molar-refractivity contribution in [2.75, 3.05) is 36.0 Å². The Morgan fingerprint density at radius 3 is 2.26 bits per heavy atom. The molecule has 2 saturated heterocycles. The second kappa shape index (κ2) is 10.1. The minimum absolute atomic E-state index is 0.0115. The molecule has 0 bridgehead atoms. The predicted molar refractivity (Wildman–Crippen MR) is 125 cm³/mol. The molecule has 1 aromatic carbocycles. The Labute approximate surface area is 186 Å². The first-order chi connectivity index (χ1) is 15.1. The monoisotopic (exact) mass is 421 g/mol. The zero-order chi connectivity index (χ0) is 21.6. The van der Waals surface area contributed by atoms with Crippen LogP contribution in [-0.2, 0) is 11.2 Å². The first-order valence-electron chi connectivity index (χ1n) is 11.9. The summed E-state index contributed by atoms with van der Waals surface area (Å²) in [5, 5.41) is 12.2. The van der Waals surface area contributed by atoms with Gasteiger partial charge in [0.25, 0.3) is 0 Å². The summed E-state index contributed by atoms with van der Waals surface area (Å²) in [6.45, 7) is 7.98. The molecule has 0 spiro atoms. The zero-order valence-electron chi connectivity index (χ0n) is 18.9. The Hall–Kier alpha value is -2.63. The van der Waals surface area contributed by atoms with Gasteiger partial charge in [-0.2, -0.15) is 0 Å². The molecule has 31 heavy (non-hydrogen) atoms. The average Bonchev–Trinajstić information content (AvgIpc) is 2.85. The lowest BCUT2D eigenvalue weighted by atomic mass is 9.96. The van der Waals surface area contributed by atoms with Gasteiger partial charge in [0.2, 0.25) is 5.91 Å². The standard InChI is InChI=1S/C25H35N5O/c1-3-20-9-11-21(12-10-20)19(2)26-25(31)22-8-7-17-30(18-22)24-14-13-23(27-28-24)29-15-5-4-6-16-29/h9-14,19,22H,3-8,15-18H2,1-2H3,(H,26,31)/t19-,22+/m0/s1. The fraction of sp³-hybridized carbons (Fsp3) is 0.560. The summed E-state index contributed by atoms with van der Waals surface area (Å²) >= 11 is 0. The Morgan fingerprint density at radius 2 is 1.61 bits per heavy atom. The maximum absolute atomic E-state index is 13.0. The zero-order valence-corrected chi connectivity index (χ0v) is 18.9. The molecule has 0 radical (unpaired) electrons. The lowest BCUT2D eigenvalue weighted by Crippen LogP contribution is -2.44. The molecule has 2 aromatic rings. The van der Waals surface area contributed by atoms with Crippen LogP contribution in [0.4, 0.5) is 11.6 Å². The molecule has 3 heterocycles. The first kappa shape index (κ1) is 21.6. The Balaban J connectivity index is 1.34. The summed E-state index contributed by atoms with van der Waals surface area (Å²) in [4.78, 5) is 17.5. The maximum Gasteiger partial charge on any atom is 0.225 e. The third kappa shape index (κ3) is 5.35. The van der Waals surface area contributed by atoms with Crippen molar-refractivity contribution < 1.29 is 4.79 Å². The largest absolute Gasteiger partial charge is 0.355 e. The van der Waals surface area contributed by atoms with Crippen molar-refractivity contribution in [1.29, 1.82) is 0 Å². The number of carbonyl (C=O) groups is 1. The summed E-state index contributed by atoms with van der Waals surface area (Å²) in [6, 6.07) is 12.7. The third-order valence-corrected chi connectivity index (χ3v) is 6.68. The van der Waals surface area contributed by atoms with E-state index in [1.807, 2.05) is 0 Å². The highest BCUT2D eigenvalue weighted by Crippen LogP contribution is 2.24. The van der Waals surface area contributed by atoms with E-state index in [2.05, 4.69) is 75.6 Å². The fourth-order valence-electron chi connectivity index (χ4n) is 4.63. The minimum atomic E-state index is -0.0188. The molecular weight excluding hydrogens is 386 g/mol. The smallest absolute Gasteiger partial charge is 0.225 e. The number of nitrogens with one attached hydrogen (secondary N) is 1. The minimum Gasteiger partial charge on any atom is -0.355 e. The fourth-order valence-corrected chi connectivity index (χ4v) is 4.63. The van der Waals surface area contributed by atoms with E-state index in [0.717, 1.165) is 56.1 Å². The molecule has 0 saturated carbocycles. The van der Waals surface area contributed by atoms with Gasteiger partial charge in [-0.25, -0.2) is 0 Å². The van der Waals surface area contributed by atoms with E-state index in [4.69, 9.17) is 0 Å². The van der Waals surface area contributed by atoms with E-state index in [0.29, 0.717) is 6.54 Å². The number of rotatable bonds is 6. The second-order valence-corrected chi connectivity index (χ2v) is 8.91. The molecular formula is C25H35N5O. The van der Waals surface area contributed by atoms with Crippen molar-refractivity contribution in [3.63, 3.8) is 0 Å². The lowest BCUT2D eigenvalue weighted by Gasteiger charge is -2.33. The van der Waals surface area contributed by atoms with E-state index in [1.165, 1.54) is 24.8 Å². The van der Waals surface area contributed by atoms with Crippen LogP contribution in [-0.4, -0.2) is 42.3 Å². The Bertz CT molecular complexity index is 845. The van der Waals surface area contributed by atoms with Crippen molar-refractivity contribution in [2.45, 2.75) is 58.4 Å². The molecule has 1 amide bonds. The quantitative estimate of drug-likeness (QED) is 0.760. The molecule has 2 aliphatic heterocycles. The van der Waals surface area contributed by atoms with Gasteiger partial charge in [-0.3, -0.25) is 4.79 Å². The maximum atomic E-state index is 13.0. The third-order valence-electron chi connectivity index (χ3n) is 6.68. The van der Waals surface area contributed by atoms with Crippen LogP contribution in [0.5, 0.6) is 0 Å². The van der Waals surface area contributed by atoms with E-state index in [1.54, 1.807) is 0 Å². The van der Waals surface area contributed by atoms with Gasteiger partial charge in [0.15, 0.2) is 11.6 Å². The van der Waals surface area contributed by atoms with Gasteiger partial charge in [-0.15, -0.1) is 10.2 Å². The Kier molecular flexibility index (Phi) is 7.05. The molecule has 0 aliphatic carbocycles. The van der Waals surface area contributed by atoms with Crippen LogP contribution in [0.1, 0.15) is 63.1 Å². The van der Waals surface area contributed by atoms with Crippen molar-refractivity contribution in [3.05, 3.63) is 47.5 Å². The first-order valence-corrected chi connectivity index (χ1v) is 11.9. The van der Waals surface area contributed by atoms with Crippen LogP contribution in [0.15, 0.2) is 36.4 Å². The number of carbonyl (C=O) groups excluding carboxylic acids is 1. The van der Waals surface area contributed by atoms with Gasteiger partial charge in [0.05, 0.1) is 12.0 Å². The van der Waals surface area contributed by atoms with E-state index in [-0.39, 0.29) is 17.9 Å². The van der Waals surface area contributed by atoms with Crippen LogP contribution < -0.4 is 15.1 Å². The number of hydrogen-bond acceptors (Lipinski definition) is 5. The highest BCUT2D eigenvalue weighted by atomic mass is 16.2. The molecule has 0 unspecified atom stereocenters. The number of hydrogen-bond donors (Lipinski definition) is 1. The molecule has 1 N–H and O–H groups in total. The summed E-state index contributed by atoms with van der Waals surface area (Å²) in [6.07, 6.45) is 6.71. The Morgan fingerprint density at radius 1 is 0.968 bits per heavy atom. The topological polar surface area (TPSA) is 61.4 Å². The van der Waals surface area contributed by atoms with Crippen molar-refractivity contribution in [1.82, 2.24) is 15.5 Å². The van der Waals surface area contributed by atoms with Crippen LogP contribution in [0.2, 0.25) is 0 Å². The SMILES string of the molecule is CCc1ccc([C@H](C)NC(=O)[C@@H]2CCCN(c3ccc(N4CCCCC4)nn3)C2)cc1. The molecule has 2 aliphatic rings. The van der Waals surface area contributed by atoms with E-state index >= 15 is 0 Å². The molecule has 2 fully saturated rings. The van der Waals surface area contributed by atoms with Crippen LogP contribution in [0.25, 0.3) is 0 Å². The predicted octanol–water partition coefficient (Wildman–Crippen LogP) is 4.12. The molecule has 1 aromatic heterocycles. The number of aromatic nitrogens is 2. The highest BCUT2D eigenvalue weighted by molar-refractivity contribution is 5.80. The normalized spacial score (nSPS) is 20.4. The summed E-state index contributed by atoms with van der Waals surface area (Å²) < 4.78 is 0. The van der Waals surface area contributed by atoms with Gasteiger partial charge in [0.1, 0.15) is 0 Å². The van der Waals surface area contributed by atoms with E-state index in [9.17, 15) is 4.79 Å². The lowest BCUT2D eigenvalue weighted by molar-refractivity contribution is -0.125. The number of benzene rings is 1. The number of nitrogens with zero attached hydrogens (tertiary/aromatic N) is 4. The van der Waals surface area contributed by atoms with Crippen molar-refractivity contribution in [2.24, 2.45) is 5.92 Å². The molecule has 2 atom stereocenters. The number of amides is 1. The van der Waals surface area contributed by atoms with Crippen molar-refractivity contribution >= 4 is 17.5 Å². The van der Waals surface area contributed by atoms with Crippen LogP contribution >= 0.6 is 0 Å². The summed E-state index contributed by atoms with van der Waals surface area (Å²) in [7, 11) is 0. The summed E-state index contributed by atoms with van der Waals surface area (Å²) in [5.74, 6) is 1.96. The number of aryl methyl sites for hydroxylation is 1. The molecule has 6 nitrogen and oxygen atoms in total. The number of anilines is 2. The van der Waals surface area contributed by atoms with Gasteiger partial charge in [0, 0.05) is 26.2 Å². The van der Waals surface area contributed by atoms with E-state index < -0.39 is 0 Å². The van der Waals surface area contributed by atoms with Crippen LogP contribution in [0.3, 0.4) is 0 Å². The number of piperidine rings is 2. The van der Waals surface area contributed by atoms with Crippen LogP contribution in [0, 0.1) is 5.92 Å². The molecule has 6 heteroatoms. The molecule has 166 valence electrons.